The molecule has 1 aromatic rings. The number of hydrogen-bond acceptors (Lipinski definition) is 5. The summed E-state index contributed by atoms with van der Waals surface area (Å²) in [5, 5.41) is 4.75. The number of carbonyl (C=O) groups excluding carboxylic acids is 2. The lowest BCUT2D eigenvalue weighted by Gasteiger charge is -2.06. The number of thiophene rings is 1. The normalized spacial score (nSPS) is 11.1. The molecule has 0 aliphatic carbocycles. The molecule has 0 radical (unpaired) electrons. The van der Waals surface area contributed by atoms with Gasteiger partial charge in [-0.2, -0.15) is 0 Å². The Labute approximate surface area is 108 Å². The van der Waals surface area contributed by atoms with Crippen LogP contribution in [0, 0.1) is 0 Å². The van der Waals surface area contributed by atoms with Gasteiger partial charge in [0.2, 0.25) is 5.17 Å². The zero-order valence-electron chi connectivity index (χ0n) is 9.34. The second-order valence-electron chi connectivity index (χ2n) is 3.30. The van der Waals surface area contributed by atoms with Crippen molar-refractivity contribution in [2.75, 3.05) is 14.1 Å². The van der Waals surface area contributed by atoms with Gasteiger partial charge in [-0.05, 0) is 11.4 Å². The maximum Gasteiger partial charge on any atom is 0.340 e. The van der Waals surface area contributed by atoms with E-state index >= 15 is 0 Å². The fourth-order valence-corrected chi connectivity index (χ4v) is 1.80. The molecule has 92 valence electrons. The summed E-state index contributed by atoms with van der Waals surface area (Å²) >= 11 is 6.98. The van der Waals surface area contributed by atoms with E-state index in [1.165, 1.54) is 30.3 Å². The van der Waals surface area contributed by atoms with Crippen LogP contribution in [0.5, 0.6) is 0 Å². The number of halogens is 1. The van der Waals surface area contributed by atoms with Gasteiger partial charge in [0.05, 0.1) is 6.42 Å². The SMILES string of the molecule is CN(C)C(=O)/C(Cl)=N/OC(=O)Cc1cccs1. The van der Waals surface area contributed by atoms with Gasteiger partial charge in [0.15, 0.2) is 0 Å². The Bertz CT molecular complexity index is 429. The highest BCUT2D eigenvalue weighted by Gasteiger charge is 2.13. The first kappa shape index (κ1) is 13.7. The largest absolute Gasteiger partial charge is 0.343 e. The molecule has 0 saturated heterocycles. The fraction of sp³-hybridized carbons (Fsp3) is 0.300. The predicted octanol–water partition coefficient (Wildman–Crippen LogP) is 1.47. The molecule has 1 rings (SSSR count). The monoisotopic (exact) mass is 274 g/mol. The van der Waals surface area contributed by atoms with Crippen LogP contribution in [0.3, 0.4) is 0 Å². The van der Waals surface area contributed by atoms with Crippen molar-refractivity contribution in [1.82, 2.24) is 4.90 Å². The molecule has 0 saturated carbocycles. The number of carbonyl (C=O) groups is 2. The third-order valence-corrected chi connectivity index (χ3v) is 2.82. The summed E-state index contributed by atoms with van der Waals surface area (Å²) in [5.74, 6) is -1.08. The van der Waals surface area contributed by atoms with E-state index in [0.717, 1.165) is 4.88 Å². The molecule has 0 aromatic carbocycles. The minimum absolute atomic E-state index is 0.113. The van der Waals surface area contributed by atoms with Crippen LogP contribution in [-0.4, -0.2) is 36.0 Å². The van der Waals surface area contributed by atoms with Gasteiger partial charge in [-0.3, -0.25) is 4.79 Å². The van der Waals surface area contributed by atoms with Gasteiger partial charge in [-0.25, -0.2) is 4.79 Å². The van der Waals surface area contributed by atoms with Crippen LogP contribution in [-0.2, 0) is 20.8 Å². The van der Waals surface area contributed by atoms with Crippen molar-refractivity contribution in [1.29, 1.82) is 0 Å². The summed E-state index contributed by atoms with van der Waals surface area (Å²) in [6, 6.07) is 3.64. The maximum absolute atomic E-state index is 11.3. The molecule has 0 bridgehead atoms. The van der Waals surface area contributed by atoms with E-state index in [-0.39, 0.29) is 11.6 Å². The van der Waals surface area contributed by atoms with Gasteiger partial charge < -0.3 is 9.74 Å². The molecule has 0 fully saturated rings. The molecule has 0 spiro atoms. The molecule has 7 heteroatoms. The number of hydrogen-bond donors (Lipinski definition) is 0. The van der Waals surface area contributed by atoms with Crippen LogP contribution in [0.4, 0.5) is 0 Å². The van der Waals surface area contributed by atoms with E-state index in [1.807, 2.05) is 17.5 Å². The van der Waals surface area contributed by atoms with Crippen molar-refractivity contribution in [2.24, 2.45) is 5.16 Å². The van der Waals surface area contributed by atoms with Gasteiger partial charge in [-0.15, -0.1) is 11.3 Å². The quantitative estimate of drug-likeness (QED) is 0.475. The summed E-state index contributed by atoms with van der Waals surface area (Å²) in [7, 11) is 3.04. The lowest BCUT2D eigenvalue weighted by atomic mass is 10.3. The Morgan fingerprint density at radius 2 is 2.24 bits per heavy atom. The van der Waals surface area contributed by atoms with Gasteiger partial charge >= 0.3 is 5.97 Å². The smallest absolute Gasteiger partial charge is 0.340 e. The average molecular weight is 275 g/mol. The molecule has 0 unspecified atom stereocenters. The zero-order valence-corrected chi connectivity index (χ0v) is 10.9. The van der Waals surface area contributed by atoms with Crippen LogP contribution in [0.2, 0.25) is 0 Å². The first-order valence-corrected chi connectivity index (χ1v) is 5.94. The number of nitrogens with zero attached hydrogens (tertiary/aromatic N) is 2. The minimum Gasteiger partial charge on any atom is -0.343 e. The van der Waals surface area contributed by atoms with Crippen molar-refractivity contribution in [3.63, 3.8) is 0 Å². The van der Waals surface area contributed by atoms with Gasteiger partial charge in [-0.1, -0.05) is 22.8 Å². The van der Waals surface area contributed by atoms with Crippen LogP contribution < -0.4 is 0 Å². The van der Waals surface area contributed by atoms with Crippen LogP contribution in [0.1, 0.15) is 4.88 Å². The Kier molecular flexibility index (Phi) is 5.11. The summed E-state index contributed by atoms with van der Waals surface area (Å²) in [6.45, 7) is 0. The summed E-state index contributed by atoms with van der Waals surface area (Å²) in [6.07, 6.45) is 0.113. The molecule has 1 amide bonds. The van der Waals surface area contributed by atoms with Crippen molar-refractivity contribution in [2.45, 2.75) is 6.42 Å². The zero-order chi connectivity index (χ0) is 12.8. The molecule has 0 N–H and O–H groups in total. The predicted molar refractivity (Wildman–Crippen MR) is 66.1 cm³/mol. The Hall–Kier alpha value is -1.40. The highest BCUT2D eigenvalue weighted by Crippen LogP contribution is 2.09. The van der Waals surface area contributed by atoms with E-state index in [9.17, 15) is 9.59 Å². The molecule has 1 aromatic heterocycles. The molecule has 5 nitrogen and oxygen atoms in total. The topological polar surface area (TPSA) is 59.0 Å². The van der Waals surface area contributed by atoms with E-state index in [0.29, 0.717) is 0 Å². The fourth-order valence-electron chi connectivity index (χ4n) is 0.902. The first-order valence-electron chi connectivity index (χ1n) is 4.68. The summed E-state index contributed by atoms with van der Waals surface area (Å²) in [5.41, 5.74) is 0. The van der Waals surface area contributed by atoms with Crippen molar-refractivity contribution >= 4 is 40.0 Å². The third kappa shape index (κ3) is 4.54. The molecular formula is C10H11ClN2O3S. The highest BCUT2D eigenvalue weighted by molar-refractivity contribution is 7.10. The lowest BCUT2D eigenvalue weighted by molar-refractivity contribution is -0.142. The second-order valence-corrected chi connectivity index (χ2v) is 4.69. The maximum atomic E-state index is 11.3. The number of oxime groups is 1. The third-order valence-electron chi connectivity index (χ3n) is 1.71. The van der Waals surface area contributed by atoms with Crippen molar-refractivity contribution in [3.05, 3.63) is 22.4 Å². The highest BCUT2D eigenvalue weighted by atomic mass is 35.5. The van der Waals surface area contributed by atoms with Crippen LogP contribution >= 0.6 is 22.9 Å². The number of amides is 1. The summed E-state index contributed by atoms with van der Waals surface area (Å²) in [4.78, 5) is 29.2. The van der Waals surface area contributed by atoms with Crippen molar-refractivity contribution in [3.8, 4) is 0 Å². The standard InChI is InChI=1S/C10H11ClN2O3S/c1-13(2)10(15)9(11)12-16-8(14)6-7-4-3-5-17-7/h3-5H,6H2,1-2H3/b12-9-. The summed E-state index contributed by atoms with van der Waals surface area (Å²) < 4.78 is 0. The minimum atomic E-state index is -0.558. The number of rotatable bonds is 4. The molecule has 0 atom stereocenters. The Morgan fingerprint density at radius 3 is 2.76 bits per heavy atom. The molecular weight excluding hydrogens is 264 g/mol. The van der Waals surface area contributed by atoms with E-state index in [1.54, 1.807) is 0 Å². The van der Waals surface area contributed by atoms with E-state index in [4.69, 9.17) is 11.6 Å². The Balaban J connectivity index is 2.47. The average Bonchev–Trinajstić information content (AvgIpc) is 2.77. The first-order chi connectivity index (χ1) is 8.00. The van der Waals surface area contributed by atoms with E-state index in [2.05, 4.69) is 9.99 Å². The van der Waals surface area contributed by atoms with Gasteiger partial charge in [0.1, 0.15) is 0 Å². The van der Waals surface area contributed by atoms with E-state index < -0.39 is 11.9 Å². The van der Waals surface area contributed by atoms with Gasteiger partial charge in [0, 0.05) is 19.0 Å². The molecule has 0 aliphatic rings. The molecule has 17 heavy (non-hydrogen) atoms. The Morgan fingerprint density at radius 1 is 1.53 bits per heavy atom. The molecule has 1 heterocycles. The van der Waals surface area contributed by atoms with Crippen LogP contribution in [0.15, 0.2) is 22.7 Å². The lowest BCUT2D eigenvalue weighted by Crippen LogP contribution is -2.27. The van der Waals surface area contributed by atoms with Crippen LogP contribution in [0.25, 0.3) is 0 Å². The van der Waals surface area contributed by atoms with Gasteiger partial charge in [0.25, 0.3) is 5.91 Å². The molecule has 0 aliphatic heterocycles. The van der Waals surface area contributed by atoms with Crippen molar-refractivity contribution < 1.29 is 14.4 Å². The second kappa shape index (κ2) is 6.36.